The number of rotatable bonds is 4. The van der Waals surface area contributed by atoms with E-state index in [1.807, 2.05) is 20.8 Å². The van der Waals surface area contributed by atoms with Crippen LogP contribution in [0.2, 0.25) is 0 Å². The molecule has 0 saturated heterocycles. The Morgan fingerprint density at radius 3 is 2.08 bits per heavy atom. The summed E-state index contributed by atoms with van der Waals surface area (Å²) in [6, 6.07) is -0.0486. The molecule has 0 aromatic carbocycles. The van der Waals surface area contributed by atoms with Crippen LogP contribution in [0, 0.1) is 5.92 Å². The van der Waals surface area contributed by atoms with Crippen molar-refractivity contribution in [3.05, 3.63) is 11.1 Å². The Morgan fingerprint density at radius 1 is 1.38 bits per heavy atom. The summed E-state index contributed by atoms with van der Waals surface area (Å²) in [6.07, 6.45) is 0.831. The molecular formula is C10H20N2O. The second-order valence-electron chi connectivity index (χ2n) is 3.61. The zero-order valence-corrected chi connectivity index (χ0v) is 8.92. The summed E-state index contributed by atoms with van der Waals surface area (Å²) in [5.74, 6) is -0.0879. The highest BCUT2D eigenvalue weighted by molar-refractivity contribution is 5.92. The Kier molecular flexibility index (Phi) is 4.70. The van der Waals surface area contributed by atoms with E-state index >= 15 is 0 Å². The fraction of sp³-hybridized carbons (Fsp3) is 0.700. The van der Waals surface area contributed by atoms with Gasteiger partial charge in [-0.1, -0.05) is 20.8 Å². The van der Waals surface area contributed by atoms with Crippen molar-refractivity contribution in [3.8, 4) is 0 Å². The van der Waals surface area contributed by atoms with E-state index in [-0.39, 0.29) is 17.9 Å². The van der Waals surface area contributed by atoms with Crippen LogP contribution in [0.25, 0.3) is 0 Å². The molecule has 76 valence electrons. The van der Waals surface area contributed by atoms with Crippen LogP contribution in [-0.2, 0) is 4.79 Å². The molecule has 0 aliphatic rings. The van der Waals surface area contributed by atoms with Crippen LogP contribution in [0.3, 0.4) is 0 Å². The van der Waals surface area contributed by atoms with Gasteiger partial charge in [0.05, 0.1) is 0 Å². The van der Waals surface area contributed by atoms with Crippen LogP contribution in [0.5, 0.6) is 0 Å². The minimum absolute atomic E-state index is 0.0486. The molecule has 4 N–H and O–H groups in total. The summed E-state index contributed by atoms with van der Waals surface area (Å²) in [6.45, 7) is 7.79. The lowest BCUT2D eigenvalue weighted by atomic mass is 9.90. The first-order chi connectivity index (χ1) is 5.91. The van der Waals surface area contributed by atoms with Crippen molar-refractivity contribution in [1.29, 1.82) is 0 Å². The van der Waals surface area contributed by atoms with Crippen LogP contribution >= 0.6 is 0 Å². The van der Waals surface area contributed by atoms with Crippen LogP contribution in [-0.4, -0.2) is 11.9 Å². The number of carbonyl (C=O) groups excluding carboxylic acids is 1. The molecule has 1 unspecified atom stereocenters. The first-order valence-corrected chi connectivity index (χ1v) is 4.67. The van der Waals surface area contributed by atoms with Crippen LogP contribution in [0.15, 0.2) is 11.1 Å². The van der Waals surface area contributed by atoms with Gasteiger partial charge in [-0.3, -0.25) is 4.79 Å². The fourth-order valence-corrected chi connectivity index (χ4v) is 1.50. The van der Waals surface area contributed by atoms with E-state index in [4.69, 9.17) is 11.5 Å². The molecule has 0 saturated carbocycles. The molecule has 0 heterocycles. The quantitative estimate of drug-likeness (QED) is 0.644. The average Bonchev–Trinajstić information content (AvgIpc) is 2.03. The molecule has 0 fully saturated rings. The second-order valence-corrected chi connectivity index (χ2v) is 3.61. The summed E-state index contributed by atoms with van der Waals surface area (Å²) in [4.78, 5) is 11.0. The standard InChI is InChI=1S/C10H20N2O/c1-5-8(11)9(6(2)3)7(4)10(12)13/h6,8H,5,11H2,1-4H3,(H2,12,13). The van der Waals surface area contributed by atoms with E-state index < -0.39 is 0 Å². The predicted molar refractivity (Wildman–Crippen MR) is 55.0 cm³/mol. The monoisotopic (exact) mass is 184 g/mol. The third kappa shape index (κ3) is 3.19. The maximum atomic E-state index is 11.0. The average molecular weight is 184 g/mol. The van der Waals surface area contributed by atoms with Crippen LogP contribution < -0.4 is 11.5 Å². The van der Waals surface area contributed by atoms with Crippen molar-refractivity contribution < 1.29 is 4.79 Å². The molecular weight excluding hydrogens is 164 g/mol. The van der Waals surface area contributed by atoms with Crippen molar-refractivity contribution in [2.75, 3.05) is 0 Å². The number of hydrogen-bond acceptors (Lipinski definition) is 2. The number of primary amides is 1. The predicted octanol–water partition coefficient (Wildman–Crippen LogP) is 1.18. The fourth-order valence-electron chi connectivity index (χ4n) is 1.50. The number of carbonyl (C=O) groups is 1. The Balaban J connectivity index is 4.99. The molecule has 0 spiro atoms. The van der Waals surface area contributed by atoms with E-state index in [1.165, 1.54) is 0 Å². The topological polar surface area (TPSA) is 69.1 Å². The SMILES string of the molecule is CCC(N)C(=C(C)C(N)=O)C(C)C. The van der Waals surface area contributed by atoms with Crippen molar-refractivity contribution >= 4 is 5.91 Å². The smallest absolute Gasteiger partial charge is 0.244 e. The summed E-state index contributed by atoms with van der Waals surface area (Å²) < 4.78 is 0. The van der Waals surface area contributed by atoms with Gasteiger partial charge in [-0.05, 0) is 24.8 Å². The summed E-state index contributed by atoms with van der Waals surface area (Å²) in [5, 5.41) is 0. The number of amides is 1. The largest absolute Gasteiger partial charge is 0.366 e. The normalized spacial score (nSPS) is 15.5. The lowest BCUT2D eigenvalue weighted by Gasteiger charge is -2.20. The minimum atomic E-state index is -0.368. The molecule has 0 aliphatic carbocycles. The summed E-state index contributed by atoms with van der Waals surface area (Å²) >= 11 is 0. The van der Waals surface area contributed by atoms with Gasteiger partial charge in [0, 0.05) is 11.6 Å². The minimum Gasteiger partial charge on any atom is -0.366 e. The first kappa shape index (κ1) is 12.2. The Bertz CT molecular complexity index is 219. The second kappa shape index (κ2) is 5.02. The Hall–Kier alpha value is -0.830. The van der Waals surface area contributed by atoms with Crippen molar-refractivity contribution in [1.82, 2.24) is 0 Å². The molecule has 0 radical (unpaired) electrons. The molecule has 0 bridgehead atoms. The third-order valence-electron chi connectivity index (χ3n) is 2.26. The van der Waals surface area contributed by atoms with E-state index in [2.05, 4.69) is 0 Å². The highest BCUT2D eigenvalue weighted by atomic mass is 16.1. The highest BCUT2D eigenvalue weighted by Crippen LogP contribution is 2.19. The van der Waals surface area contributed by atoms with Gasteiger partial charge in [-0.2, -0.15) is 0 Å². The van der Waals surface area contributed by atoms with Gasteiger partial charge in [-0.15, -0.1) is 0 Å². The van der Waals surface area contributed by atoms with Gasteiger partial charge >= 0.3 is 0 Å². The molecule has 1 atom stereocenters. The Labute approximate surface area is 80.2 Å². The van der Waals surface area contributed by atoms with E-state index in [1.54, 1.807) is 6.92 Å². The molecule has 13 heavy (non-hydrogen) atoms. The summed E-state index contributed by atoms with van der Waals surface area (Å²) in [5.41, 5.74) is 12.7. The number of hydrogen-bond donors (Lipinski definition) is 2. The van der Waals surface area contributed by atoms with E-state index in [9.17, 15) is 4.79 Å². The molecule has 0 aliphatic heterocycles. The summed E-state index contributed by atoms with van der Waals surface area (Å²) in [7, 11) is 0. The van der Waals surface area contributed by atoms with Gasteiger partial charge in [0.1, 0.15) is 0 Å². The van der Waals surface area contributed by atoms with Gasteiger partial charge in [0.15, 0.2) is 0 Å². The molecule has 0 rings (SSSR count). The zero-order chi connectivity index (χ0) is 10.6. The zero-order valence-electron chi connectivity index (χ0n) is 8.92. The first-order valence-electron chi connectivity index (χ1n) is 4.67. The Morgan fingerprint density at radius 2 is 1.85 bits per heavy atom. The van der Waals surface area contributed by atoms with Gasteiger partial charge in [0.25, 0.3) is 0 Å². The molecule has 1 amide bonds. The van der Waals surface area contributed by atoms with Gasteiger partial charge in [0.2, 0.25) is 5.91 Å². The van der Waals surface area contributed by atoms with E-state index in [0.29, 0.717) is 5.57 Å². The molecule has 3 heteroatoms. The van der Waals surface area contributed by atoms with Crippen LogP contribution in [0.1, 0.15) is 34.1 Å². The highest BCUT2D eigenvalue weighted by Gasteiger charge is 2.16. The van der Waals surface area contributed by atoms with Crippen LogP contribution in [0.4, 0.5) is 0 Å². The number of nitrogens with two attached hydrogens (primary N) is 2. The third-order valence-corrected chi connectivity index (χ3v) is 2.26. The van der Waals surface area contributed by atoms with Gasteiger partial charge in [-0.25, -0.2) is 0 Å². The molecule has 0 aromatic rings. The van der Waals surface area contributed by atoms with E-state index in [0.717, 1.165) is 12.0 Å². The molecule has 3 nitrogen and oxygen atoms in total. The molecule has 0 aromatic heterocycles. The van der Waals surface area contributed by atoms with Crippen molar-refractivity contribution in [2.24, 2.45) is 17.4 Å². The van der Waals surface area contributed by atoms with Crippen molar-refractivity contribution in [2.45, 2.75) is 40.2 Å². The van der Waals surface area contributed by atoms with Crippen molar-refractivity contribution in [3.63, 3.8) is 0 Å². The lowest BCUT2D eigenvalue weighted by molar-refractivity contribution is -0.114. The van der Waals surface area contributed by atoms with Gasteiger partial charge < -0.3 is 11.5 Å². The maximum Gasteiger partial charge on any atom is 0.244 e. The maximum absolute atomic E-state index is 11.0. The lowest BCUT2D eigenvalue weighted by Crippen LogP contribution is -2.28.